The second-order valence-corrected chi connectivity index (χ2v) is 12.0. The van der Waals surface area contributed by atoms with Crippen molar-refractivity contribution in [3.63, 3.8) is 0 Å². The normalized spacial score (nSPS) is 19.0. The van der Waals surface area contributed by atoms with E-state index in [-0.39, 0.29) is 40.3 Å². The van der Waals surface area contributed by atoms with E-state index < -0.39 is 9.84 Å². The molecule has 36 heavy (non-hydrogen) atoms. The van der Waals surface area contributed by atoms with Crippen LogP contribution in [0.3, 0.4) is 0 Å². The first-order valence-corrected chi connectivity index (χ1v) is 14.2. The van der Waals surface area contributed by atoms with Gasteiger partial charge in [-0.2, -0.15) is 0 Å². The van der Waals surface area contributed by atoms with E-state index in [0.29, 0.717) is 11.4 Å². The van der Waals surface area contributed by atoms with Crippen molar-refractivity contribution in [2.75, 3.05) is 5.75 Å². The summed E-state index contributed by atoms with van der Waals surface area (Å²) in [5, 5.41) is 3.42. The molecule has 0 aliphatic heterocycles. The molecule has 2 aromatic carbocycles. The molecule has 0 saturated heterocycles. The summed E-state index contributed by atoms with van der Waals surface area (Å²) in [5.74, 6) is -0.0594. The van der Waals surface area contributed by atoms with Gasteiger partial charge in [-0.3, -0.25) is 9.78 Å². The molecular formula is C28H30ClFN2O3S. The molecule has 1 atom stereocenters. The minimum atomic E-state index is -3.46. The van der Waals surface area contributed by atoms with Gasteiger partial charge in [0.05, 0.1) is 16.7 Å². The van der Waals surface area contributed by atoms with Crippen LogP contribution in [0.25, 0.3) is 11.1 Å². The summed E-state index contributed by atoms with van der Waals surface area (Å²) in [6, 6.07) is 14.5. The second kappa shape index (κ2) is 11.5. The van der Waals surface area contributed by atoms with Crippen LogP contribution >= 0.6 is 11.6 Å². The Balaban J connectivity index is 1.27. The molecule has 1 aromatic heterocycles. The molecule has 1 N–H and O–H groups in total. The maximum absolute atomic E-state index is 13.1. The van der Waals surface area contributed by atoms with E-state index in [0.717, 1.165) is 42.4 Å². The maximum atomic E-state index is 13.1. The van der Waals surface area contributed by atoms with E-state index in [4.69, 9.17) is 11.6 Å². The first-order chi connectivity index (χ1) is 17.2. The fourth-order valence-electron chi connectivity index (χ4n) is 4.77. The maximum Gasteiger partial charge on any atom is 0.223 e. The van der Waals surface area contributed by atoms with Crippen molar-refractivity contribution in [2.45, 2.75) is 50.0 Å². The van der Waals surface area contributed by atoms with E-state index in [1.807, 2.05) is 19.1 Å². The highest BCUT2D eigenvalue weighted by Crippen LogP contribution is 2.34. The van der Waals surface area contributed by atoms with Crippen molar-refractivity contribution in [1.29, 1.82) is 0 Å². The lowest BCUT2D eigenvalue weighted by Gasteiger charge is -2.28. The fraction of sp³-hybridized carbons (Fsp3) is 0.357. The minimum Gasteiger partial charge on any atom is -0.349 e. The van der Waals surface area contributed by atoms with Crippen LogP contribution in [-0.4, -0.2) is 25.1 Å². The molecule has 0 unspecified atom stereocenters. The topological polar surface area (TPSA) is 76.1 Å². The highest BCUT2D eigenvalue weighted by molar-refractivity contribution is 7.91. The van der Waals surface area contributed by atoms with Crippen molar-refractivity contribution < 1.29 is 17.6 Å². The second-order valence-electron chi connectivity index (χ2n) is 9.48. The number of hydrogen-bond donors (Lipinski definition) is 1. The molecule has 1 aliphatic rings. The number of carbonyl (C=O) groups excluding carboxylic acids is 1. The number of carbonyl (C=O) groups is 1. The number of aromatic nitrogens is 1. The van der Waals surface area contributed by atoms with Crippen LogP contribution < -0.4 is 5.32 Å². The van der Waals surface area contributed by atoms with Gasteiger partial charge in [-0.1, -0.05) is 29.8 Å². The van der Waals surface area contributed by atoms with E-state index in [2.05, 4.69) is 10.3 Å². The van der Waals surface area contributed by atoms with Gasteiger partial charge in [0, 0.05) is 28.9 Å². The summed E-state index contributed by atoms with van der Waals surface area (Å²) in [6.07, 6.45) is 7.01. The average molecular weight is 529 g/mol. The van der Waals surface area contributed by atoms with E-state index in [9.17, 15) is 17.6 Å². The van der Waals surface area contributed by atoms with Crippen molar-refractivity contribution in [3.05, 3.63) is 83.4 Å². The summed E-state index contributed by atoms with van der Waals surface area (Å²) in [7, 11) is -3.46. The predicted octanol–water partition coefficient (Wildman–Crippen LogP) is 6.39. The van der Waals surface area contributed by atoms with Gasteiger partial charge < -0.3 is 5.32 Å². The lowest BCUT2D eigenvalue weighted by Crippen LogP contribution is -2.35. The van der Waals surface area contributed by atoms with Crippen molar-refractivity contribution in [3.8, 4) is 11.1 Å². The van der Waals surface area contributed by atoms with Crippen molar-refractivity contribution in [1.82, 2.24) is 10.3 Å². The van der Waals surface area contributed by atoms with Gasteiger partial charge in [0.15, 0.2) is 9.84 Å². The number of rotatable bonds is 8. The molecule has 5 nitrogen and oxygen atoms in total. The molecule has 0 spiro atoms. The van der Waals surface area contributed by atoms with Crippen molar-refractivity contribution >= 4 is 27.3 Å². The van der Waals surface area contributed by atoms with Crippen LogP contribution in [0, 0.1) is 17.7 Å². The van der Waals surface area contributed by atoms with Crippen LogP contribution in [0.5, 0.6) is 0 Å². The first-order valence-electron chi connectivity index (χ1n) is 12.2. The number of nitrogens with zero attached hydrogens (tertiary/aromatic N) is 1. The molecule has 1 saturated carbocycles. The zero-order chi connectivity index (χ0) is 25.7. The highest BCUT2D eigenvalue weighted by atomic mass is 35.5. The van der Waals surface area contributed by atoms with Crippen LogP contribution in [0.15, 0.2) is 71.9 Å². The minimum absolute atomic E-state index is 0.00169. The Labute approximate surface area is 217 Å². The van der Waals surface area contributed by atoms with Crippen LogP contribution in [0.4, 0.5) is 4.39 Å². The standard InChI is InChI=1S/C28H30ClFN2O3S/c1-19(21-6-8-24(30)9-7-21)32-28(33)23-4-2-20(3-5-23)14-17-36(34,35)25-10-11-26(27(29)18-25)22-12-15-31-16-13-22/h6-13,15-16,18-20,23H,2-5,14,17H2,1H3,(H,32,33)/t19-,20?,23?/m1/s1. The Morgan fingerprint density at radius 3 is 2.36 bits per heavy atom. The third-order valence-electron chi connectivity index (χ3n) is 7.03. The first kappa shape index (κ1) is 26.3. The third kappa shape index (κ3) is 6.51. The average Bonchev–Trinajstić information content (AvgIpc) is 2.88. The molecule has 1 amide bonds. The zero-order valence-electron chi connectivity index (χ0n) is 20.2. The molecule has 1 heterocycles. The Bertz CT molecular complexity index is 1290. The number of nitrogens with one attached hydrogen (secondary N) is 1. The Morgan fingerprint density at radius 2 is 1.72 bits per heavy atom. The summed E-state index contributed by atoms with van der Waals surface area (Å²) in [6.45, 7) is 1.89. The zero-order valence-corrected chi connectivity index (χ0v) is 21.7. The Morgan fingerprint density at radius 1 is 1.06 bits per heavy atom. The number of benzene rings is 2. The molecular weight excluding hydrogens is 499 g/mol. The monoisotopic (exact) mass is 528 g/mol. The number of pyridine rings is 1. The quantitative estimate of drug-likeness (QED) is 0.367. The number of hydrogen-bond acceptors (Lipinski definition) is 4. The van der Waals surface area contributed by atoms with Crippen LogP contribution in [0.2, 0.25) is 5.02 Å². The van der Waals surface area contributed by atoms with Gasteiger partial charge in [-0.15, -0.1) is 0 Å². The van der Waals surface area contributed by atoms with Gasteiger partial charge in [-0.25, -0.2) is 12.8 Å². The molecule has 3 aromatic rings. The lowest BCUT2D eigenvalue weighted by molar-refractivity contribution is -0.126. The molecule has 0 radical (unpaired) electrons. The van der Waals surface area contributed by atoms with Crippen LogP contribution in [0.1, 0.15) is 50.6 Å². The number of amides is 1. The summed E-state index contributed by atoms with van der Waals surface area (Å²) < 4.78 is 39.1. The molecule has 4 rings (SSSR count). The van der Waals surface area contributed by atoms with Gasteiger partial charge in [0.2, 0.25) is 5.91 Å². The predicted molar refractivity (Wildman–Crippen MR) is 140 cm³/mol. The number of halogens is 2. The smallest absolute Gasteiger partial charge is 0.223 e. The van der Waals surface area contributed by atoms with Gasteiger partial charge in [0.1, 0.15) is 5.82 Å². The summed E-state index contributed by atoms with van der Waals surface area (Å²) >= 11 is 6.41. The number of sulfone groups is 1. The molecule has 1 fully saturated rings. The van der Waals surface area contributed by atoms with E-state index in [1.54, 1.807) is 36.7 Å². The summed E-state index contributed by atoms with van der Waals surface area (Å²) in [4.78, 5) is 16.9. The van der Waals surface area contributed by atoms with E-state index >= 15 is 0 Å². The summed E-state index contributed by atoms with van der Waals surface area (Å²) in [5.41, 5.74) is 2.51. The lowest BCUT2D eigenvalue weighted by atomic mass is 9.80. The Hall–Kier alpha value is -2.77. The molecule has 8 heteroatoms. The van der Waals surface area contributed by atoms with Gasteiger partial charge in [0.25, 0.3) is 0 Å². The third-order valence-corrected chi connectivity index (χ3v) is 9.09. The van der Waals surface area contributed by atoms with Gasteiger partial charge >= 0.3 is 0 Å². The molecule has 0 bridgehead atoms. The molecule has 190 valence electrons. The Kier molecular flexibility index (Phi) is 8.42. The van der Waals surface area contributed by atoms with Crippen molar-refractivity contribution in [2.24, 2.45) is 11.8 Å². The largest absolute Gasteiger partial charge is 0.349 e. The van der Waals surface area contributed by atoms with Gasteiger partial charge in [-0.05, 0) is 92.5 Å². The molecule has 1 aliphatic carbocycles. The highest BCUT2D eigenvalue weighted by Gasteiger charge is 2.28. The SMILES string of the molecule is C[C@@H](NC(=O)C1CCC(CCS(=O)(=O)c2ccc(-c3ccncc3)c(Cl)c2)CC1)c1ccc(F)cc1. The fourth-order valence-corrected chi connectivity index (χ4v) is 6.58. The van der Waals surface area contributed by atoms with Crippen LogP contribution in [-0.2, 0) is 14.6 Å². The van der Waals surface area contributed by atoms with E-state index in [1.165, 1.54) is 18.2 Å².